The lowest BCUT2D eigenvalue weighted by atomic mass is 11.0. The highest BCUT2D eigenvalue weighted by atomic mass is 16.2. The summed E-state index contributed by atoms with van der Waals surface area (Å²) < 4.78 is 0. The van der Waals surface area contributed by atoms with Gasteiger partial charge in [0, 0.05) is 7.05 Å². The van der Waals surface area contributed by atoms with Crippen molar-refractivity contribution in [3.05, 3.63) is 0 Å². The maximum Gasteiger partial charge on any atom is 0.311 e. The summed E-state index contributed by atoms with van der Waals surface area (Å²) in [6.45, 7) is 0. The fourth-order valence-corrected chi connectivity index (χ4v) is 0. The Kier molecular flexibility index (Phi) is 4.03. The maximum atomic E-state index is 9.48. The van der Waals surface area contributed by atoms with Gasteiger partial charge in [0.2, 0.25) is 0 Å². The van der Waals surface area contributed by atoms with Gasteiger partial charge in [0.25, 0.3) is 0 Å². The van der Waals surface area contributed by atoms with Crippen LogP contribution in [-0.4, -0.2) is 13.1 Å². The van der Waals surface area contributed by atoms with Gasteiger partial charge < -0.3 is 11.1 Å². The van der Waals surface area contributed by atoms with Crippen LogP contribution >= 0.6 is 0 Å². The van der Waals surface area contributed by atoms with Crippen LogP contribution in [0.25, 0.3) is 0 Å². The first kappa shape index (κ1) is 7.27. The van der Waals surface area contributed by atoms with Gasteiger partial charge in [-0.25, -0.2) is 4.79 Å². The predicted octanol–water partition coefficient (Wildman–Crippen LogP) is 0.455. The van der Waals surface area contributed by atoms with E-state index in [0.29, 0.717) is 0 Å². The quantitative estimate of drug-likeness (QED) is 0.474. The lowest BCUT2D eigenvalue weighted by Crippen LogP contribution is -2.24. The average Bonchev–Trinajstić information content (AvgIpc) is 2.48. The Morgan fingerprint density at radius 3 is 1.75 bits per heavy atom. The van der Waals surface area contributed by atoms with Crippen LogP contribution in [0, 0.1) is 0 Å². The summed E-state index contributed by atoms with van der Waals surface area (Å²) in [6, 6.07) is -0.495. The number of primary amides is 1. The summed E-state index contributed by atoms with van der Waals surface area (Å²) in [5.41, 5.74) is 4.54. The number of nitrogens with two attached hydrogens (primary N) is 1. The van der Waals surface area contributed by atoms with Gasteiger partial charge in [0.1, 0.15) is 0 Å². The Hall–Kier alpha value is -0.730. The van der Waals surface area contributed by atoms with Crippen molar-refractivity contribution in [2.45, 2.75) is 19.3 Å². The summed E-state index contributed by atoms with van der Waals surface area (Å²) in [6.07, 6.45) is 4.50. The van der Waals surface area contributed by atoms with Crippen molar-refractivity contribution < 1.29 is 4.79 Å². The van der Waals surface area contributed by atoms with Gasteiger partial charge >= 0.3 is 6.03 Å². The van der Waals surface area contributed by atoms with Crippen LogP contribution in [0.15, 0.2) is 0 Å². The van der Waals surface area contributed by atoms with Gasteiger partial charge in [-0.05, 0) is 0 Å². The number of rotatable bonds is 0. The molecule has 1 fully saturated rings. The molecule has 1 aliphatic carbocycles. The highest BCUT2D eigenvalue weighted by Crippen LogP contribution is 2.14. The second-order valence-electron chi connectivity index (χ2n) is 1.67. The van der Waals surface area contributed by atoms with E-state index in [-0.39, 0.29) is 0 Å². The smallest absolute Gasteiger partial charge is 0.311 e. The van der Waals surface area contributed by atoms with E-state index in [2.05, 4.69) is 11.1 Å². The summed E-state index contributed by atoms with van der Waals surface area (Å²) in [5.74, 6) is 0. The van der Waals surface area contributed by atoms with Crippen LogP contribution in [0.3, 0.4) is 0 Å². The van der Waals surface area contributed by atoms with Gasteiger partial charge in [-0.3, -0.25) is 0 Å². The van der Waals surface area contributed by atoms with Crippen molar-refractivity contribution in [3.8, 4) is 0 Å². The fourth-order valence-electron chi connectivity index (χ4n) is 0. The minimum atomic E-state index is -0.495. The summed E-state index contributed by atoms with van der Waals surface area (Å²) in [4.78, 5) is 9.48. The van der Waals surface area contributed by atoms with Crippen molar-refractivity contribution in [1.82, 2.24) is 5.32 Å². The molecule has 0 unspecified atom stereocenters. The number of carbonyl (C=O) groups is 1. The molecule has 0 aliphatic heterocycles. The molecule has 0 bridgehead atoms. The van der Waals surface area contributed by atoms with Gasteiger partial charge in [0.05, 0.1) is 0 Å². The van der Waals surface area contributed by atoms with Crippen molar-refractivity contribution in [1.29, 1.82) is 0 Å². The molecule has 0 spiro atoms. The topological polar surface area (TPSA) is 55.1 Å². The molecule has 0 saturated heterocycles. The number of carbonyl (C=O) groups excluding carboxylic acids is 1. The average molecular weight is 116 g/mol. The van der Waals surface area contributed by atoms with E-state index >= 15 is 0 Å². The normalized spacial score (nSPS) is 13.1. The van der Waals surface area contributed by atoms with Crippen molar-refractivity contribution in [2.24, 2.45) is 5.73 Å². The molecule has 0 atom stereocenters. The van der Waals surface area contributed by atoms with Crippen LogP contribution in [0.4, 0.5) is 4.79 Å². The molecule has 1 aliphatic rings. The molecular formula is C5H12N2O. The lowest BCUT2D eigenvalue weighted by molar-refractivity contribution is 0.251. The zero-order valence-electron chi connectivity index (χ0n) is 5.11. The largest absolute Gasteiger partial charge is 0.352 e. The standard InChI is InChI=1S/C3H6.C2H6N2O/c1-2-3-1;1-4-2(3)5/h1-3H2;1H3,(H3,3,4,5). The number of nitrogens with one attached hydrogen (secondary N) is 1. The molecule has 0 aromatic heterocycles. The molecule has 0 aromatic rings. The van der Waals surface area contributed by atoms with E-state index in [0.717, 1.165) is 0 Å². The Bertz CT molecular complexity index is 68.1. The van der Waals surface area contributed by atoms with Gasteiger partial charge in [0.15, 0.2) is 0 Å². The van der Waals surface area contributed by atoms with E-state index in [4.69, 9.17) is 0 Å². The van der Waals surface area contributed by atoms with Crippen molar-refractivity contribution in [2.75, 3.05) is 7.05 Å². The Labute approximate surface area is 49.3 Å². The van der Waals surface area contributed by atoms with Crippen LogP contribution in [0.2, 0.25) is 0 Å². The molecule has 3 N–H and O–H groups in total. The second-order valence-corrected chi connectivity index (χ2v) is 1.67. The molecule has 2 amide bonds. The molecule has 0 radical (unpaired) electrons. The third kappa shape index (κ3) is 18.6. The Morgan fingerprint density at radius 2 is 1.75 bits per heavy atom. The molecule has 0 aromatic carbocycles. The van der Waals surface area contributed by atoms with E-state index in [1.165, 1.54) is 26.3 Å². The summed E-state index contributed by atoms with van der Waals surface area (Å²) in [7, 11) is 1.47. The number of amides is 2. The maximum absolute atomic E-state index is 9.48. The van der Waals surface area contributed by atoms with E-state index < -0.39 is 6.03 Å². The second kappa shape index (κ2) is 4.43. The molecule has 48 valence electrons. The predicted molar refractivity (Wildman–Crippen MR) is 32.5 cm³/mol. The van der Waals surface area contributed by atoms with Gasteiger partial charge in [-0.15, -0.1) is 0 Å². The number of hydrogen-bond acceptors (Lipinski definition) is 1. The van der Waals surface area contributed by atoms with Crippen LogP contribution in [-0.2, 0) is 0 Å². The zero-order chi connectivity index (χ0) is 6.41. The molecule has 0 heterocycles. The first-order valence-electron chi connectivity index (χ1n) is 2.74. The summed E-state index contributed by atoms with van der Waals surface area (Å²) >= 11 is 0. The van der Waals surface area contributed by atoms with E-state index in [1.807, 2.05) is 0 Å². The molecule has 8 heavy (non-hydrogen) atoms. The van der Waals surface area contributed by atoms with E-state index in [1.54, 1.807) is 0 Å². The van der Waals surface area contributed by atoms with Crippen LogP contribution in [0.1, 0.15) is 19.3 Å². The fraction of sp³-hybridized carbons (Fsp3) is 0.800. The number of urea groups is 1. The molecule has 1 rings (SSSR count). The monoisotopic (exact) mass is 116 g/mol. The minimum Gasteiger partial charge on any atom is -0.352 e. The van der Waals surface area contributed by atoms with Gasteiger partial charge in [-0.2, -0.15) is 0 Å². The highest BCUT2D eigenvalue weighted by Gasteiger charge is 1.95. The third-order valence-electron chi connectivity index (χ3n) is 0.600. The van der Waals surface area contributed by atoms with Crippen LogP contribution < -0.4 is 11.1 Å². The molecular weight excluding hydrogens is 104 g/mol. The number of hydrogen-bond donors (Lipinski definition) is 2. The van der Waals surface area contributed by atoms with Gasteiger partial charge in [-0.1, -0.05) is 19.3 Å². The Morgan fingerprint density at radius 1 is 1.50 bits per heavy atom. The SMILES string of the molecule is C1CC1.CNC(N)=O. The third-order valence-corrected chi connectivity index (χ3v) is 0.600. The molecule has 3 nitrogen and oxygen atoms in total. The minimum absolute atomic E-state index is 0.495. The van der Waals surface area contributed by atoms with Crippen molar-refractivity contribution >= 4 is 6.03 Å². The first-order chi connectivity index (χ1) is 3.77. The first-order valence-corrected chi connectivity index (χ1v) is 2.74. The molecule has 1 saturated carbocycles. The summed E-state index contributed by atoms with van der Waals surface area (Å²) in [5, 5.41) is 2.17. The van der Waals surface area contributed by atoms with E-state index in [9.17, 15) is 4.79 Å². The lowest BCUT2D eigenvalue weighted by Gasteiger charge is -1.80. The zero-order valence-corrected chi connectivity index (χ0v) is 5.11. The molecule has 3 heteroatoms. The van der Waals surface area contributed by atoms with Crippen LogP contribution in [0.5, 0.6) is 0 Å². The highest BCUT2D eigenvalue weighted by molar-refractivity contribution is 5.71. The van der Waals surface area contributed by atoms with Crippen molar-refractivity contribution in [3.63, 3.8) is 0 Å². The Balaban J connectivity index is 0.000000135.